The van der Waals surface area contributed by atoms with Crippen LogP contribution in [0.15, 0.2) is 52.9 Å². The van der Waals surface area contributed by atoms with Crippen LogP contribution in [-0.4, -0.2) is 32.2 Å². The summed E-state index contributed by atoms with van der Waals surface area (Å²) in [5.41, 5.74) is 1.66. The van der Waals surface area contributed by atoms with E-state index in [-0.39, 0.29) is 18.1 Å². The average Bonchev–Trinajstić information content (AvgIpc) is 3.16. The van der Waals surface area contributed by atoms with Gasteiger partial charge in [0.15, 0.2) is 0 Å². The lowest BCUT2D eigenvalue weighted by Gasteiger charge is -2.26. The molecule has 0 aliphatic carbocycles. The quantitative estimate of drug-likeness (QED) is 0.658. The lowest BCUT2D eigenvalue weighted by molar-refractivity contribution is 0.184. The molecular formula is C22H26N2O4. The van der Waals surface area contributed by atoms with Gasteiger partial charge >= 0.3 is 6.03 Å². The summed E-state index contributed by atoms with van der Waals surface area (Å²) in [4.78, 5) is 14.4. The molecule has 0 aliphatic heterocycles. The van der Waals surface area contributed by atoms with Crippen LogP contribution in [-0.2, 0) is 0 Å². The highest BCUT2D eigenvalue weighted by Gasteiger charge is 2.23. The standard InChI is InChI=1S/C22H26N2O4/c1-14(18-13-17(26-4)10-11-20(18)27-5)23-22(25)24(3)15(2)21-12-16-8-6-7-9-19(16)28-21/h6-15H,1-5H3,(H,23,25). The van der Waals surface area contributed by atoms with Crippen molar-refractivity contribution in [3.05, 3.63) is 59.9 Å². The van der Waals surface area contributed by atoms with Crippen molar-refractivity contribution in [2.24, 2.45) is 0 Å². The van der Waals surface area contributed by atoms with Crippen LogP contribution in [0.3, 0.4) is 0 Å². The highest BCUT2D eigenvalue weighted by atomic mass is 16.5. The maximum absolute atomic E-state index is 12.8. The minimum Gasteiger partial charge on any atom is -0.497 e. The van der Waals surface area contributed by atoms with Gasteiger partial charge in [-0.1, -0.05) is 18.2 Å². The van der Waals surface area contributed by atoms with E-state index in [2.05, 4.69) is 5.32 Å². The van der Waals surface area contributed by atoms with E-state index >= 15 is 0 Å². The number of fused-ring (bicyclic) bond motifs is 1. The second-order valence-corrected chi connectivity index (χ2v) is 6.75. The largest absolute Gasteiger partial charge is 0.497 e. The molecule has 1 aromatic heterocycles. The monoisotopic (exact) mass is 382 g/mol. The Hall–Kier alpha value is -3.15. The summed E-state index contributed by atoms with van der Waals surface area (Å²) >= 11 is 0. The van der Waals surface area contributed by atoms with Crippen LogP contribution in [0.5, 0.6) is 11.5 Å². The van der Waals surface area contributed by atoms with Gasteiger partial charge in [-0.25, -0.2) is 4.79 Å². The fourth-order valence-corrected chi connectivity index (χ4v) is 3.12. The number of rotatable bonds is 6. The van der Waals surface area contributed by atoms with Crippen LogP contribution < -0.4 is 14.8 Å². The van der Waals surface area contributed by atoms with E-state index < -0.39 is 0 Å². The second-order valence-electron chi connectivity index (χ2n) is 6.75. The molecule has 2 amide bonds. The third-order valence-electron chi connectivity index (χ3n) is 5.00. The van der Waals surface area contributed by atoms with Crippen molar-refractivity contribution >= 4 is 17.0 Å². The third kappa shape index (κ3) is 3.91. The highest BCUT2D eigenvalue weighted by molar-refractivity contribution is 5.78. The minimum atomic E-state index is -0.261. The van der Waals surface area contributed by atoms with Crippen molar-refractivity contribution in [3.8, 4) is 11.5 Å². The number of para-hydroxylation sites is 1. The zero-order valence-corrected chi connectivity index (χ0v) is 16.9. The van der Waals surface area contributed by atoms with Crippen LogP contribution in [0.4, 0.5) is 4.79 Å². The molecule has 0 spiro atoms. The number of nitrogens with zero attached hydrogens (tertiary/aromatic N) is 1. The lowest BCUT2D eigenvalue weighted by atomic mass is 10.1. The number of hydrogen-bond acceptors (Lipinski definition) is 4. The van der Waals surface area contributed by atoms with Gasteiger partial charge in [0, 0.05) is 18.0 Å². The van der Waals surface area contributed by atoms with E-state index in [4.69, 9.17) is 13.9 Å². The Labute approximate surface area is 165 Å². The highest BCUT2D eigenvalue weighted by Crippen LogP contribution is 2.30. The van der Waals surface area contributed by atoms with Crippen LogP contribution in [0.2, 0.25) is 0 Å². The minimum absolute atomic E-state index is 0.203. The van der Waals surface area contributed by atoms with Crippen LogP contribution >= 0.6 is 0 Å². The zero-order valence-electron chi connectivity index (χ0n) is 16.9. The molecule has 3 rings (SSSR count). The van der Waals surface area contributed by atoms with Crippen LogP contribution in [0, 0.1) is 0 Å². The number of nitrogens with one attached hydrogen (secondary N) is 1. The number of carbonyl (C=O) groups excluding carboxylic acids is 1. The van der Waals surface area contributed by atoms with Gasteiger partial charge < -0.3 is 24.1 Å². The predicted molar refractivity (Wildman–Crippen MR) is 109 cm³/mol. The first kappa shape index (κ1) is 19.6. The molecule has 0 aliphatic rings. The van der Waals surface area contributed by atoms with Gasteiger partial charge in [0.2, 0.25) is 0 Å². The van der Waals surface area contributed by atoms with E-state index in [1.54, 1.807) is 26.2 Å². The Bertz CT molecular complexity index is 933. The normalized spacial score (nSPS) is 13.0. The molecule has 28 heavy (non-hydrogen) atoms. The topological polar surface area (TPSA) is 63.9 Å². The number of furan rings is 1. The van der Waals surface area contributed by atoms with Gasteiger partial charge in [-0.3, -0.25) is 0 Å². The fourth-order valence-electron chi connectivity index (χ4n) is 3.12. The summed E-state index contributed by atoms with van der Waals surface area (Å²) in [5, 5.41) is 4.04. The molecule has 1 heterocycles. The number of carbonyl (C=O) groups is 1. The molecule has 6 nitrogen and oxygen atoms in total. The van der Waals surface area contributed by atoms with Gasteiger partial charge in [-0.15, -0.1) is 0 Å². The molecule has 0 saturated heterocycles. The number of benzene rings is 2. The van der Waals surface area contributed by atoms with E-state index in [9.17, 15) is 4.79 Å². The molecule has 0 bridgehead atoms. The summed E-state index contributed by atoms with van der Waals surface area (Å²) in [5.74, 6) is 2.15. The summed E-state index contributed by atoms with van der Waals surface area (Å²) in [7, 11) is 4.97. The Morgan fingerprint density at radius 1 is 1.07 bits per heavy atom. The molecule has 2 unspecified atom stereocenters. The van der Waals surface area contributed by atoms with Crippen molar-refractivity contribution < 1.29 is 18.7 Å². The lowest BCUT2D eigenvalue weighted by Crippen LogP contribution is -2.39. The molecule has 0 fully saturated rings. The Kier molecular flexibility index (Phi) is 5.78. The van der Waals surface area contributed by atoms with Gasteiger partial charge in [0.1, 0.15) is 22.8 Å². The number of hydrogen-bond donors (Lipinski definition) is 1. The summed E-state index contributed by atoms with van der Waals surface area (Å²) in [6.07, 6.45) is 0. The second kappa shape index (κ2) is 8.25. The molecular weight excluding hydrogens is 356 g/mol. The molecule has 2 atom stereocenters. The summed E-state index contributed by atoms with van der Waals surface area (Å²) in [6, 6.07) is 14.6. The molecule has 3 aromatic rings. The maximum Gasteiger partial charge on any atom is 0.318 e. The van der Waals surface area contributed by atoms with E-state index in [1.165, 1.54) is 0 Å². The number of urea groups is 1. The maximum atomic E-state index is 12.8. The average molecular weight is 382 g/mol. The van der Waals surface area contributed by atoms with Crippen LogP contribution in [0.1, 0.15) is 37.3 Å². The van der Waals surface area contributed by atoms with Crippen molar-refractivity contribution in [1.82, 2.24) is 10.2 Å². The molecule has 1 N–H and O–H groups in total. The van der Waals surface area contributed by atoms with Crippen molar-refractivity contribution in [2.45, 2.75) is 25.9 Å². The zero-order chi connectivity index (χ0) is 20.3. The first-order valence-electron chi connectivity index (χ1n) is 9.18. The van der Waals surface area contributed by atoms with Gasteiger partial charge in [0.25, 0.3) is 0 Å². The van der Waals surface area contributed by atoms with Gasteiger partial charge in [-0.05, 0) is 44.2 Å². The van der Waals surface area contributed by atoms with Crippen molar-refractivity contribution in [1.29, 1.82) is 0 Å². The molecule has 148 valence electrons. The van der Waals surface area contributed by atoms with Gasteiger partial charge in [0.05, 0.1) is 26.3 Å². The number of amides is 2. The van der Waals surface area contributed by atoms with Crippen LogP contribution in [0.25, 0.3) is 11.0 Å². The Morgan fingerprint density at radius 3 is 2.50 bits per heavy atom. The van der Waals surface area contributed by atoms with Crippen molar-refractivity contribution in [2.75, 3.05) is 21.3 Å². The first-order valence-corrected chi connectivity index (χ1v) is 9.18. The smallest absolute Gasteiger partial charge is 0.318 e. The fraction of sp³-hybridized carbons (Fsp3) is 0.318. The Balaban J connectivity index is 1.74. The molecule has 0 radical (unpaired) electrons. The summed E-state index contributed by atoms with van der Waals surface area (Å²) in [6.45, 7) is 3.85. The summed E-state index contributed by atoms with van der Waals surface area (Å²) < 4.78 is 16.6. The predicted octanol–water partition coefficient (Wildman–Crippen LogP) is 4.91. The number of methoxy groups -OCH3 is 2. The molecule has 2 aromatic carbocycles. The Morgan fingerprint density at radius 2 is 1.82 bits per heavy atom. The molecule has 0 saturated carbocycles. The number of ether oxygens (including phenoxy) is 2. The molecule has 6 heteroatoms. The SMILES string of the molecule is COc1ccc(OC)c(C(C)NC(=O)N(C)C(C)c2cc3ccccc3o2)c1. The van der Waals surface area contributed by atoms with E-state index in [0.29, 0.717) is 11.5 Å². The van der Waals surface area contributed by atoms with Crippen molar-refractivity contribution in [3.63, 3.8) is 0 Å². The van der Waals surface area contributed by atoms with E-state index in [1.807, 2.05) is 62.4 Å². The van der Waals surface area contributed by atoms with E-state index in [0.717, 1.165) is 22.3 Å². The third-order valence-corrected chi connectivity index (χ3v) is 5.00. The first-order chi connectivity index (χ1) is 13.4. The van der Waals surface area contributed by atoms with Gasteiger partial charge in [-0.2, -0.15) is 0 Å².